The molecule has 0 radical (unpaired) electrons. The molecule has 0 saturated heterocycles. The number of carbonyl (C=O) groups excluding carboxylic acids is 1. The Bertz CT molecular complexity index is 381. The monoisotopic (exact) mass is 260 g/mol. The van der Waals surface area contributed by atoms with Crippen molar-refractivity contribution in [1.29, 1.82) is 0 Å². The zero-order chi connectivity index (χ0) is 13.5. The molecule has 1 aromatic rings. The average molecular weight is 260 g/mol. The predicted molar refractivity (Wildman–Crippen MR) is 61.7 cm³/mol. The summed E-state index contributed by atoms with van der Waals surface area (Å²) in [5, 5.41) is 0. The largest absolute Gasteiger partial charge is 0.335 e. The summed E-state index contributed by atoms with van der Waals surface area (Å²) in [6, 6.07) is 5.36. The second-order valence-electron chi connectivity index (χ2n) is 3.82. The van der Waals surface area contributed by atoms with E-state index >= 15 is 0 Å². The Labute approximate surface area is 103 Å². The number of rotatable bonds is 6. The molecule has 18 heavy (non-hydrogen) atoms. The molecule has 1 rings (SSSR count). The molecular weight excluding hydrogens is 245 g/mol. The lowest BCUT2D eigenvalue weighted by Gasteiger charge is -2.21. The van der Waals surface area contributed by atoms with Crippen molar-refractivity contribution in [3.05, 3.63) is 35.6 Å². The van der Waals surface area contributed by atoms with Crippen LogP contribution >= 0.6 is 0 Å². The highest BCUT2D eigenvalue weighted by Crippen LogP contribution is 2.07. The zero-order valence-electron chi connectivity index (χ0n) is 9.78. The number of nitrogens with two attached hydrogens (primary N) is 1. The van der Waals surface area contributed by atoms with Crippen LogP contribution in [0.15, 0.2) is 24.3 Å². The molecule has 3 nitrogen and oxygen atoms in total. The highest BCUT2D eigenvalue weighted by atomic mass is 19.3. The van der Waals surface area contributed by atoms with Crippen molar-refractivity contribution in [3.8, 4) is 0 Å². The SMILES string of the molecule is NCCN(CC(F)F)C(=O)Cc1ccc(F)cc1. The van der Waals surface area contributed by atoms with Gasteiger partial charge in [-0.2, -0.15) is 0 Å². The summed E-state index contributed by atoms with van der Waals surface area (Å²) in [5.41, 5.74) is 5.85. The molecule has 0 fully saturated rings. The first-order valence-corrected chi connectivity index (χ1v) is 5.53. The number of alkyl halides is 2. The molecule has 0 aliphatic rings. The molecule has 0 bridgehead atoms. The lowest BCUT2D eigenvalue weighted by molar-refractivity contribution is -0.132. The van der Waals surface area contributed by atoms with Gasteiger partial charge < -0.3 is 10.6 Å². The standard InChI is InChI=1S/C12H15F3N2O/c13-10-3-1-9(2-4-10)7-12(18)17(6-5-16)8-11(14)15/h1-4,11H,5-8,16H2. The maximum Gasteiger partial charge on any atom is 0.255 e. The number of hydrogen-bond donors (Lipinski definition) is 1. The third-order valence-corrected chi connectivity index (χ3v) is 2.38. The summed E-state index contributed by atoms with van der Waals surface area (Å²) in [6.45, 7) is -0.413. The van der Waals surface area contributed by atoms with E-state index in [1.54, 1.807) is 0 Å². The van der Waals surface area contributed by atoms with Crippen molar-refractivity contribution in [2.75, 3.05) is 19.6 Å². The van der Waals surface area contributed by atoms with E-state index in [0.29, 0.717) is 5.56 Å². The van der Waals surface area contributed by atoms with Crippen molar-refractivity contribution in [2.45, 2.75) is 12.8 Å². The van der Waals surface area contributed by atoms with Gasteiger partial charge in [0, 0.05) is 13.1 Å². The second-order valence-corrected chi connectivity index (χ2v) is 3.82. The topological polar surface area (TPSA) is 46.3 Å². The number of halogens is 3. The molecule has 100 valence electrons. The van der Waals surface area contributed by atoms with E-state index in [4.69, 9.17) is 5.73 Å². The summed E-state index contributed by atoms with van der Waals surface area (Å²) in [7, 11) is 0. The van der Waals surface area contributed by atoms with Gasteiger partial charge in [0.2, 0.25) is 5.91 Å². The first kappa shape index (κ1) is 14.5. The third kappa shape index (κ3) is 4.75. The van der Waals surface area contributed by atoms with Gasteiger partial charge in [-0.3, -0.25) is 4.79 Å². The normalized spacial score (nSPS) is 10.7. The van der Waals surface area contributed by atoms with Gasteiger partial charge in [0.15, 0.2) is 0 Å². The summed E-state index contributed by atoms with van der Waals surface area (Å²) in [4.78, 5) is 12.8. The fourth-order valence-corrected chi connectivity index (χ4v) is 1.53. The Morgan fingerprint density at radius 3 is 2.39 bits per heavy atom. The van der Waals surface area contributed by atoms with Crippen molar-refractivity contribution in [2.24, 2.45) is 5.73 Å². The van der Waals surface area contributed by atoms with E-state index in [0.717, 1.165) is 4.90 Å². The molecule has 0 saturated carbocycles. The average Bonchev–Trinajstić information content (AvgIpc) is 2.31. The van der Waals surface area contributed by atoms with E-state index in [1.807, 2.05) is 0 Å². The molecule has 6 heteroatoms. The van der Waals surface area contributed by atoms with Crippen LogP contribution in [0.25, 0.3) is 0 Å². The van der Waals surface area contributed by atoms with Crippen molar-refractivity contribution in [3.63, 3.8) is 0 Å². The van der Waals surface area contributed by atoms with Crippen molar-refractivity contribution >= 4 is 5.91 Å². The van der Waals surface area contributed by atoms with Gasteiger partial charge in [0.05, 0.1) is 13.0 Å². The molecular formula is C12H15F3N2O. The van der Waals surface area contributed by atoms with Crippen LogP contribution in [0.2, 0.25) is 0 Å². The Morgan fingerprint density at radius 2 is 1.89 bits per heavy atom. The Kier molecular flexibility index (Phi) is 5.64. The van der Waals surface area contributed by atoms with E-state index < -0.39 is 24.7 Å². The van der Waals surface area contributed by atoms with Gasteiger partial charge in [-0.15, -0.1) is 0 Å². The molecule has 1 amide bonds. The highest BCUT2D eigenvalue weighted by molar-refractivity contribution is 5.78. The van der Waals surface area contributed by atoms with Gasteiger partial charge in [-0.25, -0.2) is 13.2 Å². The second kappa shape index (κ2) is 7.00. The molecule has 0 atom stereocenters. The van der Waals surface area contributed by atoms with Gasteiger partial charge >= 0.3 is 0 Å². The van der Waals surface area contributed by atoms with Gasteiger partial charge in [0.1, 0.15) is 5.82 Å². The van der Waals surface area contributed by atoms with Crippen LogP contribution in [0.4, 0.5) is 13.2 Å². The Balaban J connectivity index is 2.63. The summed E-state index contributed by atoms with van der Waals surface area (Å²) in [6.07, 6.45) is -2.62. The Morgan fingerprint density at radius 1 is 1.28 bits per heavy atom. The third-order valence-electron chi connectivity index (χ3n) is 2.38. The van der Waals surface area contributed by atoms with E-state index in [2.05, 4.69) is 0 Å². The van der Waals surface area contributed by atoms with Crippen LogP contribution in [0.1, 0.15) is 5.56 Å². The van der Waals surface area contributed by atoms with Crippen LogP contribution in [0, 0.1) is 5.82 Å². The maximum atomic E-state index is 12.7. The van der Waals surface area contributed by atoms with E-state index in [-0.39, 0.29) is 19.5 Å². The molecule has 0 aliphatic carbocycles. The number of benzene rings is 1. The molecule has 0 unspecified atom stereocenters. The molecule has 0 aromatic heterocycles. The molecule has 1 aromatic carbocycles. The number of carbonyl (C=O) groups is 1. The summed E-state index contributed by atoms with van der Waals surface area (Å²) >= 11 is 0. The van der Waals surface area contributed by atoms with Crippen molar-refractivity contribution in [1.82, 2.24) is 4.90 Å². The number of amides is 1. The minimum atomic E-state index is -2.59. The van der Waals surface area contributed by atoms with Gasteiger partial charge in [-0.1, -0.05) is 12.1 Å². The lowest BCUT2D eigenvalue weighted by Crippen LogP contribution is -2.39. The quantitative estimate of drug-likeness (QED) is 0.840. The van der Waals surface area contributed by atoms with Crippen LogP contribution in [0.3, 0.4) is 0 Å². The van der Waals surface area contributed by atoms with Crippen LogP contribution < -0.4 is 5.73 Å². The fraction of sp³-hybridized carbons (Fsp3) is 0.417. The van der Waals surface area contributed by atoms with Crippen LogP contribution in [-0.4, -0.2) is 36.9 Å². The van der Waals surface area contributed by atoms with E-state index in [9.17, 15) is 18.0 Å². The smallest absolute Gasteiger partial charge is 0.255 e. The molecule has 2 N–H and O–H groups in total. The molecule has 0 spiro atoms. The highest BCUT2D eigenvalue weighted by Gasteiger charge is 2.17. The number of hydrogen-bond acceptors (Lipinski definition) is 2. The van der Waals surface area contributed by atoms with Crippen molar-refractivity contribution < 1.29 is 18.0 Å². The van der Waals surface area contributed by atoms with Gasteiger partial charge in [-0.05, 0) is 17.7 Å². The molecule has 0 heterocycles. The first-order chi connectivity index (χ1) is 8.52. The molecule has 0 aliphatic heterocycles. The summed E-state index contributed by atoms with van der Waals surface area (Å²) in [5.74, 6) is -0.843. The summed E-state index contributed by atoms with van der Waals surface area (Å²) < 4.78 is 37.2. The van der Waals surface area contributed by atoms with Gasteiger partial charge in [0.25, 0.3) is 6.43 Å². The lowest BCUT2D eigenvalue weighted by atomic mass is 10.1. The minimum Gasteiger partial charge on any atom is -0.335 e. The number of nitrogens with zero attached hydrogens (tertiary/aromatic N) is 1. The first-order valence-electron chi connectivity index (χ1n) is 5.53. The Hall–Kier alpha value is -1.56. The maximum absolute atomic E-state index is 12.7. The minimum absolute atomic E-state index is 0.0347. The zero-order valence-corrected chi connectivity index (χ0v) is 9.78. The van der Waals surface area contributed by atoms with Crippen LogP contribution in [-0.2, 0) is 11.2 Å². The van der Waals surface area contributed by atoms with E-state index in [1.165, 1.54) is 24.3 Å². The fourth-order valence-electron chi connectivity index (χ4n) is 1.53. The predicted octanol–water partition coefficient (Wildman–Crippen LogP) is 1.42. The van der Waals surface area contributed by atoms with Crippen LogP contribution in [0.5, 0.6) is 0 Å².